The van der Waals surface area contributed by atoms with Gasteiger partial charge >= 0.3 is 0 Å². The molecule has 0 amide bonds. The quantitative estimate of drug-likeness (QED) is 0.770. The van der Waals surface area contributed by atoms with Crippen LogP contribution >= 0.6 is 0 Å². The molecule has 0 unspecified atom stereocenters. The number of nitrogens with one attached hydrogen (secondary N) is 1. The second kappa shape index (κ2) is 3.61. The van der Waals surface area contributed by atoms with Crippen LogP contribution in [0, 0.1) is 0 Å². The summed E-state index contributed by atoms with van der Waals surface area (Å²) in [5, 5.41) is 0. The van der Waals surface area contributed by atoms with Crippen molar-refractivity contribution in [2.75, 3.05) is 32.1 Å². The van der Waals surface area contributed by atoms with Gasteiger partial charge in [-0.15, -0.1) is 0 Å². The van der Waals surface area contributed by atoms with E-state index in [0.29, 0.717) is 6.04 Å². The number of likely N-dealkylation sites (N-methyl/N-ethyl adjacent to an activating group) is 1. The smallest absolute Gasteiger partial charge is 0.203 e. The summed E-state index contributed by atoms with van der Waals surface area (Å²) >= 11 is 0. The van der Waals surface area contributed by atoms with Gasteiger partial charge in [-0.05, 0) is 20.5 Å². The molecular weight excluding hydrogens is 176 g/mol. The fraction of sp³-hybridized carbons (Fsp3) is 0.700. The molecule has 1 aliphatic heterocycles. The maximum Gasteiger partial charge on any atom is 0.203 e. The second-order valence-electron chi connectivity index (χ2n) is 4.11. The lowest BCUT2D eigenvalue weighted by atomic mass is 10.1. The molecule has 0 radical (unpaired) electrons. The molecule has 0 spiro atoms. The number of aromatic amines is 1. The molecule has 1 N–H and O–H groups in total. The van der Waals surface area contributed by atoms with Crippen molar-refractivity contribution in [1.82, 2.24) is 14.9 Å². The van der Waals surface area contributed by atoms with Gasteiger partial charge < -0.3 is 14.8 Å². The average Bonchev–Trinajstić information content (AvgIpc) is 2.49. The van der Waals surface area contributed by atoms with Crippen LogP contribution in [0.1, 0.15) is 12.6 Å². The molecule has 1 fully saturated rings. The number of hydrogen-bond donors (Lipinski definition) is 1. The van der Waals surface area contributed by atoms with Crippen molar-refractivity contribution in [2.24, 2.45) is 0 Å². The van der Waals surface area contributed by atoms with E-state index in [4.69, 9.17) is 0 Å². The lowest BCUT2D eigenvalue weighted by Gasteiger charge is -2.42. The molecular formula is C10H18N4. The Labute approximate surface area is 84.9 Å². The van der Waals surface area contributed by atoms with Gasteiger partial charge in [-0.3, -0.25) is 0 Å². The number of rotatable bonds is 3. The third-order valence-electron chi connectivity index (χ3n) is 2.89. The van der Waals surface area contributed by atoms with Crippen LogP contribution in [-0.4, -0.2) is 48.1 Å². The molecule has 1 aliphatic rings. The summed E-state index contributed by atoms with van der Waals surface area (Å²) in [6, 6.07) is 0.685. The molecule has 0 atom stereocenters. The Hall–Kier alpha value is -1.03. The first-order valence-corrected chi connectivity index (χ1v) is 5.16. The molecule has 4 heteroatoms. The monoisotopic (exact) mass is 194 g/mol. The van der Waals surface area contributed by atoms with E-state index in [-0.39, 0.29) is 0 Å². The molecule has 0 aromatic carbocycles. The molecule has 4 nitrogen and oxygen atoms in total. The summed E-state index contributed by atoms with van der Waals surface area (Å²) in [6.45, 7) is 4.31. The average molecular weight is 194 g/mol. The van der Waals surface area contributed by atoms with E-state index in [9.17, 15) is 0 Å². The van der Waals surface area contributed by atoms with Crippen LogP contribution in [0.3, 0.4) is 0 Å². The first kappa shape index (κ1) is 9.52. The number of aromatic nitrogens is 2. The summed E-state index contributed by atoms with van der Waals surface area (Å²) in [7, 11) is 4.25. The summed E-state index contributed by atoms with van der Waals surface area (Å²) < 4.78 is 0. The molecule has 0 aliphatic carbocycles. The third-order valence-corrected chi connectivity index (χ3v) is 2.89. The van der Waals surface area contributed by atoms with Crippen LogP contribution in [0.15, 0.2) is 6.20 Å². The largest absolute Gasteiger partial charge is 0.339 e. The van der Waals surface area contributed by atoms with Crippen molar-refractivity contribution in [3.8, 4) is 0 Å². The van der Waals surface area contributed by atoms with E-state index < -0.39 is 0 Å². The number of nitrogens with zero attached hydrogens (tertiary/aromatic N) is 3. The lowest BCUT2D eigenvalue weighted by Crippen LogP contribution is -2.57. The standard InChI is InChI=1S/C10H18N4/c1-4-8-5-11-10(12-8)14-6-9(7-14)13(2)3/h5,9H,4,6-7H2,1-3H3,(H,11,12). The molecule has 1 aromatic rings. The minimum Gasteiger partial charge on any atom is -0.339 e. The Balaban J connectivity index is 1.93. The van der Waals surface area contributed by atoms with Gasteiger partial charge in [0.25, 0.3) is 0 Å². The molecule has 1 aromatic heterocycles. The summed E-state index contributed by atoms with van der Waals surface area (Å²) in [5.41, 5.74) is 1.22. The maximum atomic E-state index is 4.35. The number of H-pyrrole nitrogens is 1. The van der Waals surface area contributed by atoms with Crippen LogP contribution in [0.5, 0.6) is 0 Å². The van der Waals surface area contributed by atoms with Gasteiger partial charge in [0.1, 0.15) is 0 Å². The highest BCUT2D eigenvalue weighted by Gasteiger charge is 2.29. The first-order chi connectivity index (χ1) is 6.70. The van der Waals surface area contributed by atoms with Gasteiger partial charge in [0.2, 0.25) is 5.95 Å². The van der Waals surface area contributed by atoms with Gasteiger partial charge in [0, 0.05) is 24.8 Å². The zero-order valence-electron chi connectivity index (χ0n) is 9.12. The van der Waals surface area contributed by atoms with Crippen molar-refractivity contribution in [3.63, 3.8) is 0 Å². The molecule has 2 heterocycles. The molecule has 0 saturated carbocycles. The van der Waals surface area contributed by atoms with Gasteiger partial charge in [-0.1, -0.05) is 6.92 Å². The van der Waals surface area contributed by atoms with Crippen molar-refractivity contribution in [3.05, 3.63) is 11.9 Å². The van der Waals surface area contributed by atoms with Crippen LogP contribution < -0.4 is 4.90 Å². The molecule has 0 bridgehead atoms. The third kappa shape index (κ3) is 1.62. The first-order valence-electron chi connectivity index (χ1n) is 5.16. The van der Waals surface area contributed by atoms with Gasteiger partial charge in [0.05, 0.1) is 6.20 Å². The van der Waals surface area contributed by atoms with Crippen LogP contribution in [-0.2, 0) is 6.42 Å². The van der Waals surface area contributed by atoms with Crippen LogP contribution in [0.4, 0.5) is 5.95 Å². The van der Waals surface area contributed by atoms with Crippen molar-refractivity contribution in [2.45, 2.75) is 19.4 Å². The Morgan fingerprint density at radius 3 is 2.79 bits per heavy atom. The van der Waals surface area contributed by atoms with Gasteiger partial charge in [0.15, 0.2) is 0 Å². The van der Waals surface area contributed by atoms with Crippen molar-refractivity contribution >= 4 is 5.95 Å². The van der Waals surface area contributed by atoms with Gasteiger partial charge in [-0.25, -0.2) is 4.98 Å². The Morgan fingerprint density at radius 2 is 2.29 bits per heavy atom. The fourth-order valence-corrected chi connectivity index (χ4v) is 1.64. The topological polar surface area (TPSA) is 35.2 Å². The minimum absolute atomic E-state index is 0.685. The zero-order valence-corrected chi connectivity index (χ0v) is 9.12. The van der Waals surface area contributed by atoms with E-state index in [1.807, 2.05) is 6.20 Å². The molecule has 14 heavy (non-hydrogen) atoms. The fourth-order valence-electron chi connectivity index (χ4n) is 1.64. The SMILES string of the molecule is CCc1cnc(N2CC(N(C)C)C2)[nH]1. The summed E-state index contributed by atoms with van der Waals surface area (Å²) in [5.74, 6) is 1.03. The number of hydrogen-bond acceptors (Lipinski definition) is 3. The maximum absolute atomic E-state index is 4.35. The van der Waals surface area contributed by atoms with Gasteiger partial charge in [-0.2, -0.15) is 0 Å². The van der Waals surface area contributed by atoms with Crippen LogP contribution in [0.2, 0.25) is 0 Å². The number of imidazole rings is 1. The number of anilines is 1. The van der Waals surface area contributed by atoms with Crippen LogP contribution in [0.25, 0.3) is 0 Å². The summed E-state index contributed by atoms with van der Waals surface area (Å²) in [4.78, 5) is 12.2. The molecule has 2 rings (SSSR count). The van der Waals surface area contributed by atoms with E-state index in [2.05, 4.69) is 40.8 Å². The zero-order chi connectivity index (χ0) is 10.1. The Morgan fingerprint density at radius 1 is 1.57 bits per heavy atom. The van der Waals surface area contributed by atoms with E-state index in [1.54, 1.807) is 0 Å². The second-order valence-corrected chi connectivity index (χ2v) is 4.11. The van der Waals surface area contributed by atoms with E-state index >= 15 is 0 Å². The highest BCUT2D eigenvalue weighted by atomic mass is 15.4. The predicted octanol–water partition coefficient (Wildman–Crippen LogP) is 0.722. The van der Waals surface area contributed by atoms with Crippen molar-refractivity contribution < 1.29 is 0 Å². The van der Waals surface area contributed by atoms with E-state index in [0.717, 1.165) is 25.5 Å². The van der Waals surface area contributed by atoms with Crippen molar-refractivity contribution in [1.29, 1.82) is 0 Å². The molecule has 1 saturated heterocycles. The lowest BCUT2D eigenvalue weighted by molar-refractivity contribution is 0.245. The number of aryl methyl sites for hydroxylation is 1. The highest BCUT2D eigenvalue weighted by molar-refractivity contribution is 5.36. The normalized spacial score (nSPS) is 17.6. The summed E-state index contributed by atoms with van der Waals surface area (Å²) in [6.07, 6.45) is 2.95. The van der Waals surface area contributed by atoms with E-state index in [1.165, 1.54) is 5.69 Å². The Kier molecular flexibility index (Phi) is 2.46. The minimum atomic E-state index is 0.685. The molecule has 78 valence electrons. The Bertz CT molecular complexity index is 299. The highest BCUT2D eigenvalue weighted by Crippen LogP contribution is 2.19. The predicted molar refractivity (Wildman–Crippen MR) is 57.7 cm³/mol.